The zero-order valence-electron chi connectivity index (χ0n) is 15.0. The van der Waals surface area contributed by atoms with Crippen LogP contribution in [0.15, 0.2) is 36.5 Å². The number of hydrogen-bond acceptors (Lipinski definition) is 4. The van der Waals surface area contributed by atoms with Crippen molar-refractivity contribution in [2.24, 2.45) is 0 Å². The average Bonchev–Trinajstić information content (AvgIpc) is 3.31. The number of benzene rings is 1. The van der Waals surface area contributed by atoms with Crippen molar-refractivity contribution in [2.45, 2.75) is 26.2 Å². The van der Waals surface area contributed by atoms with E-state index in [1.165, 1.54) is 23.8 Å². The predicted octanol–water partition coefficient (Wildman–Crippen LogP) is 2.84. The maximum absolute atomic E-state index is 12.5. The van der Waals surface area contributed by atoms with Gasteiger partial charge in [0.15, 0.2) is 0 Å². The molecule has 0 aliphatic carbocycles. The van der Waals surface area contributed by atoms with E-state index >= 15 is 0 Å². The van der Waals surface area contributed by atoms with Gasteiger partial charge in [-0.15, -0.1) is 0 Å². The van der Waals surface area contributed by atoms with Crippen LogP contribution in [0.3, 0.4) is 0 Å². The minimum Gasteiger partial charge on any atom is -0.361 e. The number of nitrogens with zero attached hydrogens (tertiary/aromatic N) is 3. The Labute approximate surface area is 152 Å². The van der Waals surface area contributed by atoms with Gasteiger partial charge in [-0.05, 0) is 37.8 Å². The molecule has 0 atom stereocenters. The van der Waals surface area contributed by atoms with E-state index in [9.17, 15) is 4.79 Å². The maximum Gasteiger partial charge on any atom is 0.270 e. The zero-order valence-corrected chi connectivity index (χ0v) is 15.0. The number of H-pyrrole nitrogens is 1. The number of anilines is 1. The molecule has 1 aliphatic heterocycles. The Morgan fingerprint density at radius 1 is 1.23 bits per heavy atom. The summed E-state index contributed by atoms with van der Waals surface area (Å²) in [4.78, 5) is 26.8. The number of para-hydroxylation sites is 1. The molecule has 0 unspecified atom stereocenters. The van der Waals surface area contributed by atoms with Crippen molar-refractivity contribution in [3.63, 3.8) is 0 Å². The summed E-state index contributed by atoms with van der Waals surface area (Å²) < 4.78 is 0. The van der Waals surface area contributed by atoms with Gasteiger partial charge >= 0.3 is 0 Å². The van der Waals surface area contributed by atoms with Gasteiger partial charge in [-0.2, -0.15) is 0 Å². The van der Waals surface area contributed by atoms with Gasteiger partial charge in [-0.25, -0.2) is 9.97 Å². The third-order valence-corrected chi connectivity index (χ3v) is 4.84. The highest BCUT2D eigenvalue weighted by Crippen LogP contribution is 2.19. The Morgan fingerprint density at radius 3 is 2.88 bits per heavy atom. The van der Waals surface area contributed by atoms with E-state index in [-0.39, 0.29) is 5.91 Å². The first kappa shape index (κ1) is 16.6. The molecule has 0 radical (unpaired) electrons. The predicted molar refractivity (Wildman–Crippen MR) is 103 cm³/mol. The maximum atomic E-state index is 12.5. The Kier molecular flexibility index (Phi) is 4.56. The van der Waals surface area contributed by atoms with E-state index in [0.717, 1.165) is 30.8 Å². The van der Waals surface area contributed by atoms with E-state index < -0.39 is 0 Å². The number of aryl methyl sites for hydroxylation is 1. The number of rotatable bonds is 5. The van der Waals surface area contributed by atoms with Gasteiger partial charge < -0.3 is 15.2 Å². The van der Waals surface area contributed by atoms with Crippen LogP contribution in [0.1, 0.15) is 34.7 Å². The lowest BCUT2D eigenvalue weighted by Crippen LogP contribution is -2.28. The van der Waals surface area contributed by atoms with Crippen LogP contribution < -0.4 is 10.2 Å². The van der Waals surface area contributed by atoms with Crippen molar-refractivity contribution in [2.75, 3.05) is 24.5 Å². The van der Waals surface area contributed by atoms with Crippen molar-refractivity contribution < 1.29 is 4.79 Å². The van der Waals surface area contributed by atoms with E-state index in [2.05, 4.69) is 37.3 Å². The third kappa shape index (κ3) is 3.40. The first-order chi connectivity index (χ1) is 12.7. The highest BCUT2D eigenvalue weighted by molar-refractivity contribution is 5.93. The number of carbonyl (C=O) groups excluding carboxylic acids is 1. The average molecular weight is 349 g/mol. The molecule has 3 aromatic rings. The highest BCUT2D eigenvalue weighted by Gasteiger charge is 2.17. The summed E-state index contributed by atoms with van der Waals surface area (Å²) in [6, 6.07) is 10.0. The van der Waals surface area contributed by atoms with Crippen LogP contribution in [-0.2, 0) is 6.42 Å². The molecule has 0 bridgehead atoms. The fourth-order valence-corrected chi connectivity index (χ4v) is 3.52. The van der Waals surface area contributed by atoms with Gasteiger partial charge in [-0.1, -0.05) is 18.2 Å². The summed E-state index contributed by atoms with van der Waals surface area (Å²) >= 11 is 0. The molecule has 1 saturated heterocycles. The normalized spacial score (nSPS) is 14.1. The fourth-order valence-electron chi connectivity index (χ4n) is 3.52. The number of aromatic nitrogens is 3. The van der Waals surface area contributed by atoms with E-state index in [1.54, 1.807) is 6.07 Å². The SMILES string of the molecule is Cc1nc(C(=O)NCCc2c[nH]c3ccccc23)cc(N2CCCC2)n1. The Balaban J connectivity index is 1.41. The van der Waals surface area contributed by atoms with Crippen LogP contribution >= 0.6 is 0 Å². The molecule has 26 heavy (non-hydrogen) atoms. The molecular formula is C20H23N5O. The lowest BCUT2D eigenvalue weighted by molar-refractivity contribution is 0.0949. The van der Waals surface area contributed by atoms with E-state index in [1.807, 2.05) is 25.3 Å². The molecule has 134 valence electrons. The summed E-state index contributed by atoms with van der Waals surface area (Å²) in [5.74, 6) is 1.35. The Hall–Kier alpha value is -2.89. The van der Waals surface area contributed by atoms with Crippen molar-refractivity contribution in [3.8, 4) is 0 Å². The molecule has 0 saturated carbocycles. The van der Waals surface area contributed by atoms with Crippen molar-refractivity contribution in [3.05, 3.63) is 53.6 Å². The lowest BCUT2D eigenvalue weighted by atomic mass is 10.1. The molecule has 6 heteroatoms. The summed E-state index contributed by atoms with van der Waals surface area (Å²) in [5.41, 5.74) is 2.77. The number of carbonyl (C=O) groups is 1. The monoisotopic (exact) mass is 349 g/mol. The first-order valence-electron chi connectivity index (χ1n) is 9.14. The molecule has 2 aromatic heterocycles. The van der Waals surface area contributed by atoms with Gasteiger partial charge in [0.1, 0.15) is 17.3 Å². The largest absolute Gasteiger partial charge is 0.361 e. The van der Waals surface area contributed by atoms with E-state index in [0.29, 0.717) is 18.1 Å². The minimum absolute atomic E-state index is 0.143. The molecule has 1 amide bonds. The topological polar surface area (TPSA) is 73.9 Å². The van der Waals surface area contributed by atoms with Crippen LogP contribution in [0.4, 0.5) is 5.82 Å². The fraction of sp³-hybridized carbons (Fsp3) is 0.350. The van der Waals surface area contributed by atoms with Crippen molar-refractivity contribution in [1.29, 1.82) is 0 Å². The van der Waals surface area contributed by atoms with Gasteiger partial charge in [0.2, 0.25) is 0 Å². The summed E-state index contributed by atoms with van der Waals surface area (Å²) in [5, 5.41) is 4.19. The lowest BCUT2D eigenvalue weighted by Gasteiger charge is -2.17. The van der Waals surface area contributed by atoms with Crippen molar-refractivity contribution in [1.82, 2.24) is 20.3 Å². The van der Waals surface area contributed by atoms with E-state index in [4.69, 9.17) is 0 Å². The third-order valence-electron chi connectivity index (χ3n) is 4.84. The number of hydrogen-bond donors (Lipinski definition) is 2. The molecule has 1 fully saturated rings. The van der Waals surface area contributed by atoms with Gasteiger partial charge in [-0.3, -0.25) is 4.79 Å². The molecule has 6 nitrogen and oxygen atoms in total. The van der Waals surface area contributed by atoms with Crippen molar-refractivity contribution >= 4 is 22.6 Å². The summed E-state index contributed by atoms with van der Waals surface area (Å²) in [6.45, 7) is 4.40. The number of fused-ring (bicyclic) bond motifs is 1. The second-order valence-corrected chi connectivity index (χ2v) is 6.72. The molecular weight excluding hydrogens is 326 g/mol. The van der Waals surface area contributed by atoms with Crippen LogP contribution in [0.25, 0.3) is 10.9 Å². The highest BCUT2D eigenvalue weighted by atomic mass is 16.1. The zero-order chi connectivity index (χ0) is 17.9. The number of aromatic amines is 1. The van der Waals surface area contributed by atoms with Crippen LogP contribution in [0.5, 0.6) is 0 Å². The Bertz CT molecular complexity index is 927. The standard InChI is InChI=1S/C20H23N5O/c1-14-23-18(12-19(24-14)25-10-4-5-11-25)20(26)21-9-8-15-13-22-17-7-3-2-6-16(15)17/h2-3,6-7,12-13,22H,4-5,8-11H2,1H3,(H,21,26). The number of nitrogens with one attached hydrogen (secondary N) is 2. The summed E-state index contributed by atoms with van der Waals surface area (Å²) in [6.07, 6.45) is 5.14. The molecule has 0 spiro atoms. The van der Waals surface area contributed by atoms with Gasteiger partial charge in [0.25, 0.3) is 5.91 Å². The quantitative estimate of drug-likeness (QED) is 0.743. The van der Waals surface area contributed by atoms with Gasteiger partial charge in [0, 0.05) is 42.8 Å². The summed E-state index contributed by atoms with van der Waals surface area (Å²) in [7, 11) is 0. The van der Waals surface area contributed by atoms with Crippen LogP contribution in [-0.4, -0.2) is 40.5 Å². The molecule has 2 N–H and O–H groups in total. The minimum atomic E-state index is -0.143. The number of amides is 1. The molecule has 4 rings (SSSR count). The molecule has 3 heterocycles. The first-order valence-corrected chi connectivity index (χ1v) is 9.14. The van der Waals surface area contributed by atoms with Gasteiger partial charge in [0.05, 0.1) is 0 Å². The molecule has 1 aromatic carbocycles. The second kappa shape index (κ2) is 7.15. The Morgan fingerprint density at radius 2 is 2.04 bits per heavy atom. The van der Waals surface area contributed by atoms with Crippen LogP contribution in [0, 0.1) is 6.92 Å². The second-order valence-electron chi connectivity index (χ2n) is 6.72. The van der Waals surface area contributed by atoms with Crippen LogP contribution in [0.2, 0.25) is 0 Å². The smallest absolute Gasteiger partial charge is 0.270 e. The molecule has 1 aliphatic rings.